The zero-order valence-electron chi connectivity index (χ0n) is 8.54. The van der Waals surface area contributed by atoms with Crippen LogP contribution in [0.25, 0.3) is 0 Å². The van der Waals surface area contributed by atoms with Crippen LogP contribution in [0.1, 0.15) is 24.3 Å². The number of halogens is 1. The van der Waals surface area contributed by atoms with Crippen LogP contribution < -0.4 is 0 Å². The summed E-state index contributed by atoms with van der Waals surface area (Å²) in [4.78, 5) is 2.41. The first-order valence-electron chi connectivity index (χ1n) is 5.20. The van der Waals surface area contributed by atoms with Gasteiger partial charge in [-0.3, -0.25) is 0 Å². The van der Waals surface area contributed by atoms with Gasteiger partial charge in [-0.25, -0.2) is 0 Å². The first kappa shape index (κ1) is 10.2. The first-order valence-corrected chi connectivity index (χ1v) is 5.99. The minimum absolute atomic E-state index is 0.752. The number of likely N-dealkylation sites (tertiary alicyclic amines) is 1. The van der Waals surface area contributed by atoms with Crippen molar-refractivity contribution in [1.29, 1.82) is 0 Å². The minimum Gasteiger partial charge on any atom is -0.306 e. The molecule has 0 aliphatic carbocycles. The summed E-state index contributed by atoms with van der Waals surface area (Å²) < 4.78 is 1.27. The highest BCUT2D eigenvalue weighted by atomic mass is 79.9. The molecule has 1 nitrogen and oxygen atoms in total. The van der Waals surface area contributed by atoms with Gasteiger partial charge in [-0.05, 0) is 50.5 Å². The van der Waals surface area contributed by atoms with Crippen molar-refractivity contribution in [1.82, 2.24) is 4.90 Å². The van der Waals surface area contributed by atoms with E-state index >= 15 is 0 Å². The van der Waals surface area contributed by atoms with E-state index < -0.39 is 0 Å². The van der Waals surface area contributed by atoms with Gasteiger partial charge in [-0.2, -0.15) is 0 Å². The van der Waals surface area contributed by atoms with Gasteiger partial charge in [0.25, 0.3) is 0 Å². The second-order valence-electron chi connectivity index (χ2n) is 4.10. The Morgan fingerprint density at radius 1 is 1.21 bits per heavy atom. The van der Waals surface area contributed by atoms with Crippen molar-refractivity contribution in [2.75, 3.05) is 20.1 Å². The van der Waals surface area contributed by atoms with Crippen LogP contribution in [0.3, 0.4) is 0 Å². The molecule has 0 saturated carbocycles. The molecule has 1 aliphatic rings. The fourth-order valence-electron chi connectivity index (χ4n) is 2.13. The number of piperidine rings is 1. The average Bonchev–Trinajstić information content (AvgIpc) is 2.20. The predicted octanol–water partition coefficient (Wildman–Crippen LogP) is 3.26. The molecule has 0 bridgehead atoms. The van der Waals surface area contributed by atoms with Crippen LogP contribution >= 0.6 is 15.9 Å². The van der Waals surface area contributed by atoms with Gasteiger partial charge >= 0.3 is 0 Å². The van der Waals surface area contributed by atoms with Gasteiger partial charge in [-0.15, -0.1) is 0 Å². The highest BCUT2D eigenvalue weighted by molar-refractivity contribution is 9.10. The third kappa shape index (κ3) is 2.18. The average molecular weight is 254 g/mol. The molecular weight excluding hydrogens is 238 g/mol. The van der Waals surface area contributed by atoms with E-state index in [1.807, 2.05) is 0 Å². The van der Waals surface area contributed by atoms with E-state index in [1.54, 1.807) is 0 Å². The molecule has 0 N–H and O–H groups in total. The summed E-state index contributed by atoms with van der Waals surface area (Å²) in [6.45, 7) is 2.46. The van der Waals surface area contributed by atoms with Crippen molar-refractivity contribution in [2.24, 2.45) is 0 Å². The van der Waals surface area contributed by atoms with E-state index in [9.17, 15) is 0 Å². The number of hydrogen-bond acceptors (Lipinski definition) is 1. The Kier molecular flexibility index (Phi) is 3.24. The van der Waals surface area contributed by atoms with Crippen molar-refractivity contribution in [3.05, 3.63) is 34.3 Å². The van der Waals surface area contributed by atoms with Crippen LogP contribution in [0, 0.1) is 0 Å². The van der Waals surface area contributed by atoms with E-state index in [2.05, 4.69) is 52.1 Å². The Morgan fingerprint density at radius 3 is 2.50 bits per heavy atom. The number of hydrogen-bond donors (Lipinski definition) is 0. The summed E-state index contributed by atoms with van der Waals surface area (Å²) in [7, 11) is 2.20. The van der Waals surface area contributed by atoms with Gasteiger partial charge in [-0.1, -0.05) is 34.1 Å². The van der Waals surface area contributed by atoms with E-state index in [1.165, 1.54) is 36.0 Å². The normalized spacial score (nSPS) is 19.9. The van der Waals surface area contributed by atoms with Crippen molar-refractivity contribution in [3.8, 4) is 0 Å². The summed E-state index contributed by atoms with van der Waals surface area (Å²) in [5.41, 5.74) is 1.49. The molecule has 76 valence electrons. The van der Waals surface area contributed by atoms with E-state index in [-0.39, 0.29) is 0 Å². The third-order valence-corrected chi connectivity index (χ3v) is 3.79. The summed E-state index contributed by atoms with van der Waals surface area (Å²) in [6.07, 6.45) is 2.58. The predicted molar refractivity (Wildman–Crippen MR) is 63.6 cm³/mol. The van der Waals surface area contributed by atoms with Gasteiger partial charge < -0.3 is 4.90 Å². The Labute approximate surface area is 94.2 Å². The largest absolute Gasteiger partial charge is 0.306 e. The lowest BCUT2D eigenvalue weighted by molar-refractivity contribution is 0.255. The van der Waals surface area contributed by atoms with Crippen LogP contribution in [0.15, 0.2) is 28.7 Å². The smallest absolute Gasteiger partial charge is 0.0210 e. The Morgan fingerprint density at radius 2 is 1.86 bits per heavy atom. The lowest BCUT2D eigenvalue weighted by Crippen LogP contribution is -2.29. The van der Waals surface area contributed by atoms with Gasteiger partial charge in [0.2, 0.25) is 0 Å². The van der Waals surface area contributed by atoms with Gasteiger partial charge in [0.05, 0.1) is 0 Å². The van der Waals surface area contributed by atoms with Crippen molar-refractivity contribution in [2.45, 2.75) is 18.8 Å². The van der Waals surface area contributed by atoms with Crippen molar-refractivity contribution >= 4 is 15.9 Å². The SMILES string of the molecule is CN1CCC(c2ccccc2Br)CC1. The molecular formula is C12H16BrN. The topological polar surface area (TPSA) is 3.24 Å². The summed E-state index contributed by atoms with van der Waals surface area (Å²) in [5, 5.41) is 0. The molecule has 0 unspecified atom stereocenters. The van der Waals surface area contributed by atoms with Crippen molar-refractivity contribution in [3.63, 3.8) is 0 Å². The van der Waals surface area contributed by atoms with Gasteiger partial charge in [0.1, 0.15) is 0 Å². The van der Waals surface area contributed by atoms with Crippen molar-refractivity contribution < 1.29 is 0 Å². The molecule has 1 saturated heterocycles. The maximum atomic E-state index is 3.63. The van der Waals surface area contributed by atoms with Crippen LogP contribution in [0.2, 0.25) is 0 Å². The monoisotopic (exact) mass is 253 g/mol. The molecule has 1 aromatic carbocycles. The molecule has 0 amide bonds. The molecule has 14 heavy (non-hydrogen) atoms. The number of benzene rings is 1. The Balaban J connectivity index is 2.12. The van der Waals surface area contributed by atoms with Crippen LogP contribution in [0.4, 0.5) is 0 Å². The standard InChI is InChI=1S/C12H16BrN/c1-14-8-6-10(7-9-14)11-4-2-3-5-12(11)13/h2-5,10H,6-9H2,1H3. The van der Waals surface area contributed by atoms with E-state index in [0.29, 0.717) is 0 Å². The molecule has 0 radical (unpaired) electrons. The molecule has 1 heterocycles. The van der Waals surface area contributed by atoms with E-state index in [4.69, 9.17) is 0 Å². The highest BCUT2D eigenvalue weighted by Gasteiger charge is 2.19. The molecule has 0 aromatic heterocycles. The zero-order valence-corrected chi connectivity index (χ0v) is 10.1. The van der Waals surface area contributed by atoms with Gasteiger partial charge in [0, 0.05) is 4.47 Å². The fourth-order valence-corrected chi connectivity index (χ4v) is 2.73. The van der Waals surface area contributed by atoms with E-state index in [0.717, 1.165) is 5.92 Å². The molecule has 1 fully saturated rings. The first-order chi connectivity index (χ1) is 6.77. The van der Waals surface area contributed by atoms with Gasteiger partial charge in [0.15, 0.2) is 0 Å². The second kappa shape index (κ2) is 4.45. The summed E-state index contributed by atoms with van der Waals surface area (Å²) >= 11 is 3.63. The van der Waals surface area contributed by atoms with Crippen LogP contribution in [-0.4, -0.2) is 25.0 Å². The maximum Gasteiger partial charge on any atom is 0.0210 e. The number of nitrogens with zero attached hydrogens (tertiary/aromatic N) is 1. The highest BCUT2D eigenvalue weighted by Crippen LogP contribution is 2.32. The third-order valence-electron chi connectivity index (χ3n) is 3.06. The summed E-state index contributed by atoms with van der Waals surface area (Å²) in [5.74, 6) is 0.752. The fraction of sp³-hybridized carbons (Fsp3) is 0.500. The Hall–Kier alpha value is -0.340. The molecule has 0 spiro atoms. The minimum atomic E-state index is 0.752. The molecule has 2 rings (SSSR count). The molecule has 1 aliphatic heterocycles. The zero-order chi connectivity index (χ0) is 9.97. The lowest BCUT2D eigenvalue weighted by atomic mass is 9.90. The number of rotatable bonds is 1. The maximum absolute atomic E-state index is 3.63. The summed E-state index contributed by atoms with van der Waals surface area (Å²) in [6, 6.07) is 8.62. The lowest BCUT2D eigenvalue weighted by Gasteiger charge is -2.29. The van der Waals surface area contributed by atoms with Crippen LogP contribution in [0.5, 0.6) is 0 Å². The second-order valence-corrected chi connectivity index (χ2v) is 4.95. The Bertz CT molecular complexity index is 303. The molecule has 1 aromatic rings. The molecule has 0 atom stereocenters. The van der Waals surface area contributed by atoms with Crippen LogP contribution in [-0.2, 0) is 0 Å². The molecule has 2 heteroatoms. The quantitative estimate of drug-likeness (QED) is 0.743.